The number of carbonyl (C=O) groups is 1. The van der Waals surface area contributed by atoms with Crippen LogP contribution in [0.1, 0.15) is 24.2 Å². The van der Waals surface area contributed by atoms with Crippen molar-refractivity contribution in [1.29, 1.82) is 0 Å². The third kappa shape index (κ3) is 4.18. The van der Waals surface area contributed by atoms with Crippen LogP contribution in [0, 0.1) is 0 Å². The fourth-order valence-corrected chi connectivity index (χ4v) is 3.64. The van der Waals surface area contributed by atoms with E-state index in [4.69, 9.17) is 4.74 Å². The predicted molar refractivity (Wildman–Crippen MR) is 101 cm³/mol. The Morgan fingerprint density at radius 2 is 1.71 bits per heavy atom. The summed E-state index contributed by atoms with van der Waals surface area (Å²) in [5.41, 5.74) is 3.04. The minimum Gasteiger partial charge on any atom is -0.491 e. The van der Waals surface area contributed by atoms with Crippen molar-refractivity contribution in [2.75, 3.05) is 5.75 Å². The number of thioether (sulfide) groups is 1. The second-order valence-electron chi connectivity index (χ2n) is 5.80. The fraction of sp³-hybridized carbons (Fsp3) is 0.190. The zero-order chi connectivity index (χ0) is 16.9. The zero-order valence-corrected chi connectivity index (χ0v) is 14.7. The van der Waals surface area contributed by atoms with Crippen molar-refractivity contribution < 1.29 is 9.53 Å². The molecule has 0 fully saturated rings. The molecule has 0 saturated heterocycles. The van der Waals surface area contributed by atoms with E-state index in [1.54, 1.807) is 11.8 Å². The summed E-state index contributed by atoms with van der Waals surface area (Å²) >= 11 is 1.56. The monoisotopic (exact) mass is 336 g/mol. The highest BCUT2D eigenvalue weighted by Crippen LogP contribution is 2.26. The first kappa shape index (κ1) is 16.6. The number of rotatable bonds is 5. The van der Waals surface area contributed by atoms with E-state index in [0.29, 0.717) is 5.75 Å². The molecule has 0 radical (unpaired) electrons. The molecule has 24 heavy (non-hydrogen) atoms. The van der Waals surface area contributed by atoms with Gasteiger partial charge in [0.15, 0.2) is 5.78 Å². The topological polar surface area (TPSA) is 26.3 Å². The molecule has 122 valence electrons. The summed E-state index contributed by atoms with van der Waals surface area (Å²) in [6, 6.07) is 18.0. The van der Waals surface area contributed by atoms with Gasteiger partial charge in [0.25, 0.3) is 0 Å². The molecule has 0 bridgehead atoms. The van der Waals surface area contributed by atoms with E-state index in [1.807, 2.05) is 68.5 Å². The van der Waals surface area contributed by atoms with Gasteiger partial charge in [0.05, 0.1) is 11.5 Å². The van der Waals surface area contributed by atoms with Gasteiger partial charge < -0.3 is 4.74 Å². The number of hydrogen-bond donors (Lipinski definition) is 0. The van der Waals surface area contributed by atoms with E-state index >= 15 is 0 Å². The molecule has 0 aromatic heterocycles. The number of carbonyl (C=O) groups excluding carboxylic acids is 1. The number of hydrogen-bond acceptors (Lipinski definition) is 3. The molecule has 3 heteroatoms. The maximum Gasteiger partial charge on any atom is 0.173 e. The van der Waals surface area contributed by atoms with E-state index in [2.05, 4.69) is 12.1 Å². The van der Waals surface area contributed by atoms with Crippen LogP contribution in [0.2, 0.25) is 0 Å². The molecule has 0 amide bonds. The highest BCUT2D eigenvalue weighted by molar-refractivity contribution is 8.03. The summed E-state index contributed by atoms with van der Waals surface area (Å²) in [6.07, 6.45) is 4.10. The highest BCUT2D eigenvalue weighted by Gasteiger charge is 2.12. The minimum atomic E-state index is 0.0674. The van der Waals surface area contributed by atoms with Crippen LogP contribution < -0.4 is 0 Å². The third-order valence-electron chi connectivity index (χ3n) is 3.80. The van der Waals surface area contributed by atoms with E-state index in [0.717, 1.165) is 27.4 Å². The van der Waals surface area contributed by atoms with Crippen molar-refractivity contribution in [3.8, 4) is 11.1 Å². The normalized spacial score (nSPS) is 16.8. The number of ether oxygens (including phenoxy) is 1. The lowest BCUT2D eigenvalue weighted by atomic mass is 10.0. The minimum absolute atomic E-state index is 0.0674. The molecule has 0 spiro atoms. The number of benzene rings is 2. The van der Waals surface area contributed by atoms with Gasteiger partial charge in [-0.2, -0.15) is 0 Å². The lowest BCUT2D eigenvalue weighted by Gasteiger charge is -2.18. The molecule has 2 aromatic rings. The van der Waals surface area contributed by atoms with Crippen molar-refractivity contribution >= 4 is 17.5 Å². The summed E-state index contributed by atoms with van der Waals surface area (Å²) in [5, 5.41) is 0. The van der Waals surface area contributed by atoms with Gasteiger partial charge in [0.2, 0.25) is 0 Å². The molecule has 0 N–H and O–H groups in total. The molecular formula is C21H20O2S. The molecule has 1 aliphatic heterocycles. The van der Waals surface area contributed by atoms with Crippen molar-refractivity contribution in [1.82, 2.24) is 0 Å². The van der Waals surface area contributed by atoms with Crippen molar-refractivity contribution in [3.05, 3.63) is 83.0 Å². The summed E-state index contributed by atoms with van der Waals surface area (Å²) in [4.78, 5) is 13.5. The SMILES string of the molecule is CC1=CC(SCC(=O)c2ccc(-c3ccccc3)cc2)=CC(C)O1. The molecule has 1 heterocycles. The number of ketones is 1. The first-order valence-electron chi connectivity index (χ1n) is 8.00. The fourth-order valence-electron chi connectivity index (χ4n) is 2.64. The number of Topliss-reactive ketones (excluding diaryl/α,β-unsaturated/α-hetero) is 1. The van der Waals surface area contributed by atoms with E-state index in [9.17, 15) is 4.79 Å². The molecule has 0 aliphatic carbocycles. The molecule has 0 saturated carbocycles. The summed E-state index contributed by atoms with van der Waals surface area (Å²) in [6.45, 7) is 3.94. The molecule has 1 aliphatic rings. The van der Waals surface area contributed by atoms with Gasteiger partial charge in [-0.25, -0.2) is 0 Å². The van der Waals surface area contributed by atoms with Crippen molar-refractivity contribution in [2.45, 2.75) is 20.0 Å². The van der Waals surface area contributed by atoms with Gasteiger partial charge in [-0.15, -0.1) is 11.8 Å². The molecule has 2 aromatic carbocycles. The Balaban J connectivity index is 1.64. The van der Waals surface area contributed by atoms with Gasteiger partial charge >= 0.3 is 0 Å². The van der Waals surface area contributed by atoms with Gasteiger partial charge in [-0.1, -0.05) is 54.6 Å². The van der Waals surface area contributed by atoms with Crippen LogP contribution in [0.5, 0.6) is 0 Å². The Bertz CT molecular complexity index is 773. The second-order valence-corrected chi connectivity index (χ2v) is 6.85. The van der Waals surface area contributed by atoms with Crippen LogP contribution in [-0.4, -0.2) is 17.6 Å². The predicted octanol–water partition coefficient (Wildman–Crippen LogP) is 5.48. The molecule has 3 rings (SSSR count). The van der Waals surface area contributed by atoms with Crippen molar-refractivity contribution in [2.24, 2.45) is 0 Å². The first-order chi connectivity index (χ1) is 11.6. The Morgan fingerprint density at radius 3 is 2.38 bits per heavy atom. The van der Waals surface area contributed by atoms with E-state index < -0.39 is 0 Å². The zero-order valence-electron chi connectivity index (χ0n) is 13.9. The molecule has 2 nitrogen and oxygen atoms in total. The lowest BCUT2D eigenvalue weighted by Crippen LogP contribution is -2.09. The first-order valence-corrected chi connectivity index (χ1v) is 8.98. The largest absolute Gasteiger partial charge is 0.491 e. The van der Waals surface area contributed by atoms with Gasteiger partial charge in [-0.3, -0.25) is 4.79 Å². The van der Waals surface area contributed by atoms with Crippen LogP contribution in [0.3, 0.4) is 0 Å². The summed E-state index contributed by atoms with van der Waals surface area (Å²) < 4.78 is 5.55. The molecule has 1 atom stereocenters. The quantitative estimate of drug-likeness (QED) is 0.677. The van der Waals surface area contributed by atoms with Crippen LogP contribution >= 0.6 is 11.8 Å². The lowest BCUT2D eigenvalue weighted by molar-refractivity contribution is 0.102. The average Bonchev–Trinajstić information content (AvgIpc) is 2.60. The van der Waals surface area contributed by atoms with Gasteiger partial charge in [-0.05, 0) is 37.1 Å². The average molecular weight is 336 g/mol. The maximum absolute atomic E-state index is 12.4. The second kappa shape index (κ2) is 7.54. The van der Waals surface area contributed by atoms with Crippen molar-refractivity contribution in [3.63, 3.8) is 0 Å². The van der Waals surface area contributed by atoms with Crippen LogP contribution in [0.15, 0.2) is 77.4 Å². The summed E-state index contributed by atoms with van der Waals surface area (Å²) in [7, 11) is 0. The van der Waals surface area contributed by atoms with Crippen LogP contribution in [0.4, 0.5) is 0 Å². The highest BCUT2D eigenvalue weighted by atomic mass is 32.2. The van der Waals surface area contributed by atoms with E-state index in [-0.39, 0.29) is 11.9 Å². The Labute approximate surface area is 147 Å². The standard InChI is InChI=1S/C21H20O2S/c1-15-12-20(13-16(2)23-15)24-14-21(22)19-10-8-18(9-11-19)17-6-4-3-5-7-17/h3-13,15H,14H2,1-2H3. The summed E-state index contributed by atoms with van der Waals surface area (Å²) in [5.74, 6) is 1.48. The Morgan fingerprint density at radius 1 is 1.04 bits per heavy atom. The van der Waals surface area contributed by atoms with Gasteiger partial charge in [0, 0.05) is 10.5 Å². The Kier molecular flexibility index (Phi) is 5.21. The smallest absolute Gasteiger partial charge is 0.173 e. The molecule has 1 unspecified atom stereocenters. The van der Waals surface area contributed by atoms with Crippen LogP contribution in [-0.2, 0) is 4.74 Å². The molecular weight excluding hydrogens is 316 g/mol. The third-order valence-corrected chi connectivity index (χ3v) is 4.79. The van der Waals surface area contributed by atoms with Gasteiger partial charge in [0.1, 0.15) is 6.10 Å². The maximum atomic E-state index is 12.4. The van der Waals surface area contributed by atoms with Crippen LogP contribution in [0.25, 0.3) is 11.1 Å². The number of allylic oxidation sites excluding steroid dienone is 2. The Hall–Kier alpha value is -2.26. The van der Waals surface area contributed by atoms with E-state index in [1.165, 1.54) is 0 Å².